The Morgan fingerprint density at radius 3 is 2.64 bits per heavy atom. The minimum atomic E-state index is 0.475. The van der Waals surface area contributed by atoms with Crippen LogP contribution in [0.15, 0.2) is 64.1 Å². The molecule has 2 heterocycles. The van der Waals surface area contributed by atoms with Crippen molar-refractivity contribution in [2.75, 3.05) is 7.11 Å². The second-order valence-electron chi connectivity index (χ2n) is 5.69. The van der Waals surface area contributed by atoms with E-state index in [4.69, 9.17) is 21.3 Å². The molecule has 0 saturated heterocycles. The van der Waals surface area contributed by atoms with Crippen LogP contribution in [0.5, 0.6) is 0 Å². The third-order valence-corrected chi connectivity index (χ3v) is 4.13. The summed E-state index contributed by atoms with van der Waals surface area (Å²) in [4.78, 5) is 4.71. The Morgan fingerprint density at radius 1 is 1.32 bits per heavy atom. The van der Waals surface area contributed by atoms with Crippen molar-refractivity contribution in [1.82, 2.24) is 5.32 Å². The monoisotopic (exact) mass is 314 g/mol. The molecule has 0 saturated carbocycles. The summed E-state index contributed by atoms with van der Waals surface area (Å²) in [5.74, 6) is 0.784. The number of ether oxygens (including phenoxy) is 1. The summed E-state index contributed by atoms with van der Waals surface area (Å²) < 4.78 is 5.47. The number of hydrogen-bond donors (Lipinski definition) is 1. The molecule has 1 unspecified atom stereocenters. The molecule has 0 amide bonds. The highest BCUT2D eigenvalue weighted by molar-refractivity contribution is 6.30. The van der Waals surface area contributed by atoms with Crippen LogP contribution in [0.25, 0.3) is 0 Å². The number of nitrogens with zero attached hydrogens (tertiary/aromatic N) is 1. The molecule has 114 valence electrons. The predicted octanol–water partition coefficient (Wildman–Crippen LogP) is 4.21. The van der Waals surface area contributed by atoms with Crippen LogP contribution in [0.2, 0.25) is 5.02 Å². The summed E-state index contributed by atoms with van der Waals surface area (Å²) in [5.41, 5.74) is 5.27. The lowest BCUT2D eigenvalue weighted by Gasteiger charge is -2.06. The quantitative estimate of drug-likeness (QED) is 0.906. The van der Waals surface area contributed by atoms with E-state index in [2.05, 4.69) is 25.2 Å². The number of allylic oxidation sites excluding steroid dienone is 2. The first-order valence-corrected chi connectivity index (χ1v) is 7.73. The number of aliphatic imine (C=N–C) groups is 1. The molecule has 1 atom stereocenters. The van der Waals surface area contributed by atoms with Crippen molar-refractivity contribution in [2.24, 2.45) is 4.99 Å². The average Bonchev–Trinajstić information content (AvgIpc) is 3.03. The van der Waals surface area contributed by atoms with E-state index < -0.39 is 0 Å². The van der Waals surface area contributed by atoms with Crippen LogP contribution in [0.3, 0.4) is 0 Å². The van der Waals surface area contributed by atoms with E-state index in [1.54, 1.807) is 7.11 Å². The molecule has 0 spiro atoms. The molecular weight excluding hydrogens is 296 g/mol. The van der Waals surface area contributed by atoms with Crippen molar-refractivity contribution in [3.63, 3.8) is 0 Å². The van der Waals surface area contributed by atoms with Crippen LogP contribution < -0.4 is 5.32 Å². The number of halogens is 1. The van der Waals surface area contributed by atoms with E-state index in [1.807, 2.05) is 30.3 Å². The normalized spacial score (nSPS) is 22.7. The lowest BCUT2D eigenvalue weighted by atomic mass is 10.1. The fraction of sp³-hybridized carbons (Fsp3) is 0.278. The Labute approximate surface area is 136 Å². The molecule has 0 bridgehead atoms. The first kappa shape index (κ1) is 14.9. The van der Waals surface area contributed by atoms with Gasteiger partial charge < -0.3 is 10.1 Å². The first-order valence-electron chi connectivity index (χ1n) is 7.35. The summed E-state index contributed by atoms with van der Waals surface area (Å²) in [6, 6.07) is 8.15. The molecule has 0 fully saturated rings. The zero-order valence-electron chi connectivity index (χ0n) is 13.0. The minimum absolute atomic E-state index is 0.475. The maximum absolute atomic E-state index is 5.94. The van der Waals surface area contributed by atoms with Gasteiger partial charge in [0.2, 0.25) is 0 Å². The van der Waals surface area contributed by atoms with Gasteiger partial charge >= 0.3 is 0 Å². The molecular formula is C18H19ClN2O. The number of methoxy groups -OCH3 is 1. The molecule has 4 heteroatoms. The van der Waals surface area contributed by atoms with Crippen LogP contribution in [-0.2, 0) is 4.74 Å². The van der Waals surface area contributed by atoms with Gasteiger partial charge in [0, 0.05) is 28.4 Å². The zero-order valence-corrected chi connectivity index (χ0v) is 13.7. The summed E-state index contributed by atoms with van der Waals surface area (Å²) in [6.45, 7) is 4.33. The van der Waals surface area contributed by atoms with Crippen LogP contribution in [-0.4, -0.2) is 18.9 Å². The third-order valence-electron chi connectivity index (χ3n) is 3.88. The fourth-order valence-corrected chi connectivity index (χ4v) is 2.89. The van der Waals surface area contributed by atoms with E-state index in [9.17, 15) is 0 Å². The molecule has 2 aliphatic rings. The fourth-order valence-electron chi connectivity index (χ4n) is 2.76. The Bertz CT molecular complexity index is 711. The molecule has 0 radical (unpaired) electrons. The maximum atomic E-state index is 5.94. The molecule has 0 aromatic heterocycles. The van der Waals surface area contributed by atoms with Crippen molar-refractivity contribution in [1.29, 1.82) is 0 Å². The van der Waals surface area contributed by atoms with Crippen molar-refractivity contribution in [2.45, 2.75) is 26.3 Å². The summed E-state index contributed by atoms with van der Waals surface area (Å²) in [7, 11) is 1.67. The topological polar surface area (TPSA) is 33.6 Å². The molecule has 1 aromatic rings. The van der Waals surface area contributed by atoms with Crippen LogP contribution in [0, 0.1) is 0 Å². The lowest BCUT2D eigenvalue weighted by molar-refractivity contribution is 0.302. The van der Waals surface area contributed by atoms with Crippen LogP contribution >= 0.6 is 11.6 Å². The zero-order chi connectivity index (χ0) is 15.7. The van der Waals surface area contributed by atoms with E-state index in [0.717, 1.165) is 39.9 Å². The maximum Gasteiger partial charge on any atom is 0.146 e. The van der Waals surface area contributed by atoms with Crippen molar-refractivity contribution >= 4 is 17.3 Å². The van der Waals surface area contributed by atoms with Gasteiger partial charge in [-0.1, -0.05) is 23.7 Å². The van der Waals surface area contributed by atoms with Crippen molar-refractivity contribution in [3.8, 4) is 0 Å². The third kappa shape index (κ3) is 2.95. The second-order valence-corrected chi connectivity index (χ2v) is 6.13. The number of hydrogen-bond acceptors (Lipinski definition) is 3. The summed E-state index contributed by atoms with van der Waals surface area (Å²) in [6.07, 6.45) is 5.10. The molecule has 3 rings (SSSR count). The smallest absolute Gasteiger partial charge is 0.146 e. The molecule has 1 aromatic carbocycles. The summed E-state index contributed by atoms with van der Waals surface area (Å²) in [5, 5.41) is 4.19. The van der Waals surface area contributed by atoms with E-state index in [-0.39, 0.29) is 0 Å². The highest BCUT2D eigenvalue weighted by Gasteiger charge is 2.20. The van der Waals surface area contributed by atoms with Gasteiger partial charge in [0.15, 0.2) is 0 Å². The van der Waals surface area contributed by atoms with Crippen molar-refractivity contribution < 1.29 is 4.74 Å². The van der Waals surface area contributed by atoms with Crippen LogP contribution in [0.4, 0.5) is 0 Å². The van der Waals surface area contributed by atoms with Gasteiger partial charge in [-0.3, -0.25) is 0 Å². The van der Waals surface area contributed by atoms with E-state index in [1.165, 1.54) is 5.57 Å². The Balaban J connectivity index is 1.94. The van der Waals surface area contributed by atoms with E-state index in [0.29, 0.717) is 6.04 Å². The van der Waals surface area contributed by atoms with Gasteiger partial charge in [-0.15, -0.1) is 0 Å². The summed E-state index contributed by atoms with van der Waals surface area (Å²) >= 11 is 5.94. The molecule has 22 heavy (non-hydrogen) atoms. The SMILES string of the molecule is COC1=CC(c2ccc(Cl)cc2)=N/C1=C/C1=C(C)CC(C)N1. The Hall–Kier alpha value is -2.00. The Kier molecular flexibility index (Phi) is 4.08. The number of benzene rings is 1. The Morgan fingerprint density at radius 2 is 2.05 bits per heavy atom. The van der Waals surface area contributed by atoms with Gasteiger partial charge in [-0.05, 0) is 44.1 Å². The van der Waals surface area contributed by atoms with Crippen molar-refractivity contribution in [3.05, 3.63) is 69.7 Å². The van der Waals surface area contributed by atoms with Gasteiger partial charge in [-0.25, -0.2) is 4.99 Å². The average molecular weight is 315 g/mol. The molecule has 1 N–H and O–H groups in total. The first-order chi connectivity index (χ1) is 10.6. The number of nitrogens with one attached hydrogen (secondary N) is 1. The van der Waals surface area contributed by atoms with Gasteiger partial charge in [-0.2, -0.15) is 0 Å². The van der Waals surface area contributed by atoms with Gasteiger partial charge in [0.05, 0.1) is 12.8 Å². The highest BCUT2D eigenvalue weighted by Crippen LogP contribution is 2.27. The molecule has 2 aliphatic heterocycles. The van der Waals surface area contributed by atoms with Gasteiger partial charge in [0.1, 0.15) is 11.5 Å². The van der Waals surface area contributed by atoms with Crippen LogP contribution in [0.1, 0.15) is 25.8 Å². The largest absolute Gasteiger partial charge is 0.494 e. The predicted molar refractivity (Wildman–Crippen MR) is 91.1 cm³/mol. The minimum Gasteiger partial charge on any atom is -0.494 e. The van der Waals surface area contributed by atoms with E-state index >= 15 is 0 Å². The lowest BCUT2D eigenvalue weighted by Crippen LogP contribution is -2.17. The molecule has 0 aliphatic carbocycles. The highest BCUT2D eigenvalue weighted by atomic mass is 35.5. The molecule has 3 nitrogen and oxygen atoms in total. The second kappa shape index (κ2) is 6.01. The van der Waals surface area contributed by atoms with Gasteiger partial charge in [0.25, 0.3) is 0 Å². The number of rotatable bonds is 3. The standard InChI is InChI=1S/C18H19ClN2O/c1-11-8-12(2)20-15(11)9-17-18(22-3)10-16(21-17)13-4-6-14(19)7-5-13/h4-7,9-10,12,20H,8H2,1-3H3/b17-9+.